The quantitative estimate of drug-likeness (QED) is 0.0787. The molecule has 0 saturated heterocycles. The summed E-state index contributed by atoms with van der Waals surface area (Å²) in [6, 6.07) is 17.9. The minimum Gasteiger partial charge on any atom is -0.391 e. The normalized spacial score (nSPS) is 11.9. The molecular formula is C45H46N6O8. The molecule has 59 heavy (non-hydrogen) atoms. The molecule has 14 nitrogen and oxygen atoms in total. The third kappa shape index (κ3) is 18.0. The number of rotatable bonds is 10. The summed E-state index contributed by atoms with van der Waals surface area (Å²) in [5.74, 6) is 13.7. The van der Waals surface area contributed by atoms with Gasteiger partial charge in [-0.3, -0.25) is 39.2 Å². The zero-order valence-electron chi connectivity index (χ0n) is 33.4. The van der Waals surface area contributed by atoms with Crippen LogP contribution in [0.5, 0.6) is 0 Å². The molecule has 0 saturated carbocycles. The number of benzene rings is 2. The van der Waals surface area contributed by atoms with Crippen LogP contribution in [-0.2, 0) is 19.2 Å². The highest BCUT2D eigenvalue weighted by atomic mass is 16.6. The number of nitrogens with zero attached hydrogens (tertiary/aromatic N) is 2. The highest BCUT2D eigenvalue weighted by molar-refractivity contribution is 5.98. The minimum absolute atomic E-state index is 0.276. The van der Waals surface area contributed by atoms with Gasteiger partial charge in [0.25, 0.3) is 23.6 Å². The number of ether oxygens (including phenoxy) is 1. The van der Waals surface area contributed by atoms with E-state index in [9.17, 15) is 24.3 Å². The molecule has 0 radical (unpaired) electrons. The zero-order valence-corrected chi connectivity index (χ0v) is 33.4. The molecule has 2 unspecified atom stereocenters. The van der Waals surface area contributed by atoms with Gasteiger partial charge in [-0.15, -0.1) is 12.8 Å². The van der Waals surface area contributed by atoms with E-state index in [1.54, 1.807) is 74.2 Å². The van der Waals surface area contributed by atoms with Crippen molar-refractivity contribution in [1.82, 2.24) is 31.6 Å². The Morgan fingerprint density at radius 3 is 1.58 bits per heavy atom. The van der Waals surface area contributed by atoms with Crippen LogP contribution in [0.1, 0.15) is 77.6 Å². The van der Waals surface area contributed by atoms with E-state index >= 15 is 0 Å². The van der Waals surface area contributed by atoms with Gasteiger partial charge in [0.2, 0.25) is 0 Å². The average molecular weight is 799 g/mol. The Morgan fingerprint density at radius 1 is 0.695 bits per heavy atom. The molecule has 0 aliphatic rings. The molecule has 0 fully saturated rings. The Bertz CT molecular complexity index is 2190. The van der Waals surface area contributed by atoms with Crippen molar-refractivity contribution in [3.63, 3.8) is 0 Å². The first kappa shape index (κ1) is 47.9. The SMILES string of the molecule is C#Cc1ccc(C(=O)NC(C(=O)NOC)[C@@H](C)OC(C)(C)C)cc1.C#Cc1cccnc1.C[C@@H](O)C(NC(=O)c1ccc(C#CC#Cc2cccnc2)cc1)C(=O)NO. The van der Waals surface area contributed by atoms with E-state index in [0.29, 0.717) is 16.7 Å². The van der Waals surface area contributed by atoms with Crippen LogP contribution in [0.4, 0.5) is 0 Å². The summed E-state index contributed by atoms with van der Waals surface area (Å²) < 4.78 is 5.78. The number of nitrogens with one attached hydrogen (secondary N) is 4. The number of aliphatic hydroxyl groups is 1. The van der Waals surface area contributed by atoms with Crippen molar-refractivity contribution < 1.29 is 39.1 Å². The molecular weight excluding hydrogens is 753 g/mol. The second kappa shape index (κ2) is 25.1. The zero-order chi connectivity index (χ0) is 43.8. The molecule has 2 heterocycles. The number of amides is 4. The molecule has 0 spiro atoms. The molecule has 0 bridgehead atoms. The van der Waals surface area contributed by atoms with Crippen LogP contribution in [0.25, 0.3) is 0 Å². The lowest BCUT2D eigenvalue weighted by Gasteiger charge is -2.30. The fourth-order valence-corrected chi connectivity index (χ4v) is 4.62. The number of terminal acetylenes is 2. The van der Waals surface area contributed by atoms with Crippen molar-refractivity contribution in [1.29, 1.82) is 0 Å². The fraction of sp³-hybridized carbons (Fsp3) is 0.244. The third-order valence-corrected chi connectivity index (χ3v) is 7.37. The summed E-state index contributed by atoms with van der Waals surface area (Å²) in [5, 5.41) is 23.2. The first-order valence-electron chi connectivity index (χ1n) is 17.8. The number of aromatic nitrogens is 2. The molecule has 2 aromatic heterocycles. The topological polar surface area (TPSA) is 201 Å². The molecule has 0 aliphatic heterocycles. The van der Waals surface area contributed by atoms with Gasteiger partial charge in [0.15, 0.2) is 0 Å². The second-order valence-corrected chi connectivity index (χ2v) is 13.2. The van der Waals surface area contributed by atoms with Gasteiger partial charge in [-0.1, -0.05) is 23.7 Å². The standard InChI is InChI=1S/C20H17N3O4.C18H24N2O4.C7H5N/c1-14(24)18(20(26)23-27)22-19(25)17-10-8-15(9-11-17)5-2-3-6-16-7-4-12-21-13-16;1-7-13-8-10-14(11-9-13)16(21)19-15(17(22)20-23-6)12(2)24-18(3,4)5;1-2-7-4-3-5-8-6-7/h4,7-14,18,24,27H,1H3,(H,22,25)(H,23,26);1,8-12,15H,2-6H3,(H,19,21)(H,20,22);1,3-6H/t14-,18?;12-,15?;/m11./s1. The van der Waals surface area contributed by atoms with E-state index < -0.39 is 53.5 Å². The summed E-state index contributed by atoms with van der Waals surface area (Å²) in [6.45, 7) is 8.65. The predicted octanol–water partition coefficient (Wildman–Crippen LogP) is 3.18. The Balaban J connectivity index is 0.000000344. The molecule has 4 amide bonds. The number of aliphatic hydroxyl groups excluding tert-OH is 1. The summed E-state index contributed by atoms with van der Waals surface area (Å²) in [4.78, 5) is 60.6. The maximum Gasteiger partial charge on any atom is 0.268 e. The Labute approximate surface area is 344 Å². The molecule has 4 aromatic rings. The first-order chi connectivity index (χ1) is 28.1. The summed E-state index contributed by atoms with van der Waals surface area (Å²) in [7, 11) is 1.32. The minimum atomic E-state index is -1.27. The van der Waals surface area contributed by atoms with Gasteiger partial charge < -0.3 is 20.5 Å². The molecule has 304 valence electrons. The molecule has 4 atom stereocenters. The predicted molar refractivity (Wildman–Crippen MR) is 221 cm³/mol. The van der Waals surface area contributed by atoms with Gasteiger partial charge in [-0.05, 0) is 119 Å². The van der Waals surface area contributed by atoms with Gasteiger partial charge in [0.1, 0.15) is 12.1 Å². The van der Waals surface area contributed by atoms with Crippen molar-refractivity contribution in [3.8, 4) is 48.4 Å². The van der Waals surface area contributed by atoms with Crippen molar-refractivity contribution in [2.24, 2.45) is 0 Å². The van der Waals surface area contributed by atoms with E-state index in [0.717, 1.165) is 11.1 Å². The molecule has 4 rings (SSSR count). The van der Waals surface area contributed by atoms with E-state index in [-0.39, 0.29) is 5.56 Å². The lowest BCUT2D eigenvalue weighted by atomic mass is 10.1. The maximum absolute atomic E-state index is 12.4. The number of pyridine rings is 2. The molecule has 6 N–H and O–H groups in total. The van der Waals surface area contributed by atoms with Crippen LogP contribution in [-0.4, -0.2) is 80.9 Å². The van der Waals surface area contributed by atoms with Gasteiger partial charge in [-0.25, -0.2) is 11.0 Å². The number of carbonyl (C=O) groups excluding carboxylic acids is 4. The van der Waals surface area contributed by atoms with Gasteiger partial charge >= 0.3 is 0 Å². The van der Waals surface area contributed by atoms with Crippen molar-refractivity contribution in [2.75, 3.05) is 7.11 Å². The van der Waals surface area contributed by atoms with Gasteiger partial charge in [0, 0.05) is 58.2 Å². The van der Waals surface area contributed by atoms with Crippen LogP contribution >= 0.6 is 0 Å². The number of hydroxylamine groups is 2. The lowest BCUT2D eigenvalue weighted by Crippen LogP contribution is -2.54. The highest BCUT2D eigenvalue weighted by Gasteiger charge is 2.31. The van der Waals surface area contributed by atoms with Crippen molar-refractivity contribution >= 4 is 23.6 Å². The molecule has 14 heteroatoms. The summed E-state index contributed by atoms with van der Waals surface area (Å²) >= 11 is 0. The average Bonchev–Trinajstić information content (AvgIpc) is 3.23. The Morgan fingerprint density at radius 2 is 1.17 bits per heavy atom. The first-order valence-corrected chi connectivity index (χ1v) is 17.8. The number of carbonyl (C=O) groups is 4. The van der Waals surface area contributed by atoms with Crippen LogP contribution in [0.2, 0.25) is 0 Å². The van der Waals surface area contributed by atoms with Gasteiger partial charge in [-0.2, -0.15) is 0 Å². The maximum atomic E-state index is 12.4. The van der Waals surface area contributed by atoms with Crippen LogP contribution in [0, 0.1) is 48.4 Å². The summed E-state index contributed by atoms with van der Waals surface area (Å²) in [5.41, 5.74) is 6.75. The number of hydrogen-bond donors (Lipinski definition) is 6. The van der Waals surface area contributed by atoms with Crippen molar-refractivity contribution in [2.45, 2.75) is 64.5 Å². The van der Waals surface area contributed by atoms with Gasteiger partial charge in [0.05, 0.1) is 24.9 Å². The van der Waals surface area contributed by atoms with Crippen LogP contribution in [0.15, 0.2) is 97.6 Å². The van der Waals surface area contributed by atoms with Crippen LogP contribution < -0.4 is 21.6 Å². The Hall–Kier alpha value is -7.30. The van der Waals surface area contributed by atoms with Crippen LogP contribution in [0.3, 0.4) is 0 Å². The smallest absolute Gasteiger partial charge is 0.268 e. The largest absolute Gasteiger partial charge is 0.391 e. The lowest BCUT2D eigenvalue weighted by molar-refractivity contribution is -0.140. The van der Waals surface area contributed by atoms with E-state index in [4.69, 9.17) is 22.8 Å². The second-order valence-electron chi connectivity index (χ2n) is 13.2. The molecule has 0 aliphatic carbocycles. The summed E-state index contributed by atoms with van der Waals surface area (Å²) in [6.07, 6.45) is 15.3. The number of hydrogen-bond acceptors (Lipinski definition) is 10. The monoisotopic (exact) mass is 798 g/mol. The Kier molecular flexibility index (Phi) is 20.3. The fourth-order valence-electron chi connectivity index (χ4n) is 4.62. The molecule has 2 aromatic carbocycles. The van der Waals surface area contributed by atoms with E-state index in [1.807, 2.05) is 39.0 Å². The van der Waals surface area contributed by atoms with Crippen molar-refractivity contribution in [3.05, 3.63) is 131 Å². The van der Waals surface area contributed by atoms with E-state index in [2.05, 4.69) is 66.4 Å². The third-order valence-electron chi connectivity index (χ3n) is 7.37. The highest BCUT2D eigenvalue weighted by Crippen LogP contribution is 2.14. The van der Waals surface area contributed by atoms with E-state index in [1.165, 1.54) is 31.6 Å².